The van der Waals surface area contributed by atoms with Crippen LogP contribution in [0.15, 0.2) is 65.4 Å². The number of allylic oxidation sites excluding steroid dienone is 3. The van der Waals surface area contributed by atoms with Gasteiger partial charge >= 0.3 is 0 Å². The number of hydrogen-bond donors (Lipinski definition) is 1. The van der Waals surface area contributed by atoms with Crippen molar-refractivity contribution < 1.29 is 23.1 Å². The molecule has 0 fully saturated rings. The Bertz CT molecular complexity index is 1270. The zero-order valence-electron chi connectivity index (χ0n) is 21.9. The molecule has 0 atom stereocenters. The van der Waals surface area contributed by atoms with Crippen LogP contribution in [-0.4, -0.2) is 37.6 Å². The lowest BCUT2D eigenvalue weighted by atomic mass is 10.0. The quantitative estimate of drug-likeness (QED) is 0.345. The number of nitrogens with zero attached hydrogens (tertiary/aromatic N) is 2. The van der Waals surface area contributed by atoms with Gasteiger partial charge in [-0.25, -0.2) is 8.78 Å². The normalized spacial score (nSPS) is 14.3. The van der Waals surface area contributed by atoms with Gasteiger partial charge in [-0.05, 0) is 75.2 Å². The molecular weight excluding hydrogens is 500 g/mol. The second-order valence-corrected chi connectivity index (χ2v) is 8.76. The molecule has 1 aliphatic rings. The van der Waals surface area contributed by atoms with Gasteiger partial charge in [-0.2, -0.15) is 0 Å². The minimum absolute atomic E-state index is 0.0335. The molecule has 0 bridgehead atoms. The highest BCUT2D eigenvalue weighted by Gasteiger charge is 2.35. The Hall–Kier alpha value is -3.49. The van der Waals surface area contributed by atoms with Gasteiger partial charge in [0, 0.05) is 31.2 Å². The zero-order chi connectivity index (χ0) is 27.9. The van der Waals surface area contributed by atoms with Crippen molar-refractivity contribution in [2.45, 2.75) is 34.1 Å². The molecule has 0 unspecified atom stereocenters. The third-order valence-electron chi connectivity index (χ3n) is 5.84. The fourth-order valence-corrected chi connectivity index (χ4v) is 4.01. The van der Waals surface area contributed by atoms with E-state index in [4.69, 9.17) is 17.3 Å². The molecular formula is C28H32ClF2N3O3. The number of nitrogens with two attached hydrogens (primary N) is 1. The van der Waals surface area contributed by atoms with E-state index < -0.39 is 23.4 Å². The molecule has 1 aliphatic heterocycles. The highest BCUT2D eigenvalue weighted by molar-refractivity contribution is 6.31. The Balaban J connectivity index is 0.00000153. The van der Waals surface area contributed by atoms with Crippen LogP contribution in [-0.2, 0) is 9.53 Å². The summed E-state index contributed by atoms with van der Waals surface area (Å²) in [5.41, 5.74) is 8.47. The molecule has 0 aliphatic carbocycles. The maximum atomic E-state index is 15.1. The molecule has 2 N–H and O–H groups in total. The van der Waals surface area contributed by atoms with Crippen molar-refractivity contribution in [2.24, 2.45) is 5.73 Å². The first-order valence-electron chi connectivity index (χ1n) is 11.6. The largest absolute Gasteiger partial charge is 0.388 e. The highest BCUT2D eigenvalue weighted by atomic mass is 35.5. The Morgan fingerprint density at radius 3 is 2.32 bits per heavy atom. The van der Waals surface area contributed by atoms with E-state index in [-0.39, 0.29) is 17.3 Å². The Kier molecular flexibility index (Phi) is 10.6. The van der Waals surface area contributed by atoms with Gasteiger partial charge in [0.25, 0.3) is 5.91 Å². The van der Waals surface area contributed by atoms with Crippen LogP contribution < -0.4 is 10.6 Å². The lowest BCUT2D eigenvalue weighted by Crippen LogP contribution is -2.44. The van der Waals surface area contributed by atoms with E-state index in [1.165, 1.54) is 23.1 Å². The van der Waals surface area contributed by atoms with Crippen molar-refractivity contribution in [3.8, 4) is 0 Å². The maximum absolute atomic E-state index is 15.1. The van der Waals surface area contributed by atoms with Crippen LogP contribution in [0, 0.1) is 18.6 Å². The van der Waals surface area contributed by atoms with Gasteiger partial charge in [-0.3, -0.25) is 14.5 Å². The number of carbonyl (C=O) groups is 2. The summed E-state index contributed by atoms with van der Waals surface area (Å²) in [7, 11) is 3.25. The van der Waals surface area contributed by atoms with E-state index in [9.17, 15) is 14.0 Å². The fraction of sp³-hybridized carbons (Fsp3) is 0.286. The predicted octanol–water partition coefficient (Wildman–Crippen LogP) is 6.41. The lowest BCUT2D eigenvalue weighted by Gasteiger charge is -2.39. The number of primary amides is 1. The van der Waals surface area contributed by atoms with Crippen LogP contribution >= 0.6 is 11.6 Å². The van der Waals surface area contributed by atoms with Crippen LogP contribution in [0.1, 0.15) is 43.1 Å². The van der Waals surface area contributed by atoms with E-state index in [0.717, 1.165) is 5.57 Å². The number of methoxy groups -OCH3 is 1. The summed E-state index contributed by atoms with van der Waals surface area (Å²) in [5, 5.41) is -0.181. The van der Waals surface area contributed by atoms with Crippen molar-refractivity contribution in [3.63, 3.8) is 0 Å². The third kappa shape index (κ3) is 6.64. The number of ether oxygens (including phenoxy) is 1. The fourth-order valence-electron chi connectivity index (χ4n) is 3.85. The molecule has 37 heavy (non-hydrogen) atoms. The van der Waals surface area contributed by atoms with Gasteiger partial charge in [0.05, 0.1) is 10.7 Å². The SMILES string of the molecule is COC.C\C=C(/C=C\C(C(N)=O)=C(/C)CC)N1CN(c2ccc(F)cc2C)c2ccc(Cl)c(F)c2C1=O. The summed E-state index contributed by atoms with van der Waals surface area (Å²) < 4.78 is 33.1. The summed E-state index contributed by atoms with van der Waals surface area (Å²) in [6.07, 6.45) is 5.46. The number of rotatable bonds is 6. The summed E-state index contributed by atoms with van der Waals surface area (Å²) in [6, 6.07) is 7.22. The van der Waals surface area contributed by atoms with E-state index >= 15 is 4.39 Å². The zero-order valence-corrected chi connectivity index (χ0v) is 22.6. The highest BCUT2D eigenvalue weighted by Crippen LogP contribution is 2.39. The molecule has 1 heterocycles. The second kappa shape index (κ2) is 13.2. The van der Waals surface area contributed by atoms with E-state index in [2.05, 4.69) is 4.74 Å². The Labute approximate surface area is 221 Å². The van der Waals surface area contributed by atoms with Crippen LogP contribution in [0.5, 0.6) is 0 Å². The topological polar surface area (TPSA) is 75.9 Å². The number of hydrogen-bond acceptors (Lipinski definition) is 4. The van der Waals surface area contributed by atoms with Crippen LogP contribution in [0.2, 0.25) is 5.02 Å². The molecule has 9 heteroatoms. The molecule has 0 saturated carbocycles. The molecule has 198 valence electrons. The van der Waals surface area contributed by atoms with E-state index in [1.54, 1.807) is 70.3 Å². The summed E-state index contributed by atoms with van der Waals surface area (Å²) in [4.78, 5) is 28.4. The second-order valence-electron chi connectivity index (χ2n) is 8.36. The van der Waals surface area contributed by atoms with E-state index in [0.29, 0.717) is 34.6 Å². The minimum Gasteiger partial charge on any atom is -0.388 e. The van der Waals surface area contributed by atoms with Gasteiger partial charge in [0.1, 0.15) is 18.0 Å². The number of anilines is 2. The average molecular weight is 532 g/mol. The van der Waals surface area contributed by atoms with Crippen LogP contribution in [0.3, 0.4) is 0 Å². The molecule has 0 aromatic heterocycles. The minimum atomic E-state index is -0.836. The smallest absolute Gasteiger partial charge is 0.264 e. The third-order valence-corrected chi connectivity index (χ3v) is 6.13. The van der Waals surface area contributed by atoms with Gasteiger partial charge in [-0.15, -0.1) is 0 Å². The van der Waals surface area contributed by atoms with Crippen molar-refractivity contribution in [1.82, 2.24) is 4.90 Å². The van der Waals surface area contributed by atoms with E-state index in [1.807, 2.05) is 6.92 Å². The predicted molar refractivity (Wildman–Crippen MR) is 144 cm³/mol. The number of amides is 2. The first kappa shape index (κ1) is 29.7. The first-order chi connectivity index (χ1) is 17.5. The number of aryl methyl sites for hydroxylation is 1. The standard InChI is InChI=1S/C26H26ClF2N3O2.C2H6O/c1-5-15(3)19(25(30)33)9-8-18(6-2)31-14-32(21-11-7-17(28)13-16(21)4)22-12-10-20(27)24(29)23(22)26(31)34;1-3-2/h6-13H,5,14H2,1-4H3,(H2,30,33);1-2H3/b9-8-,18-6+,19-15-;. The van der Waals surface area contributed by atoms with Crippen LogP contribution in [0.25, 0.3) is 0 Å². The number of carbonyl (C=O) groups excluding carboxylic acids is 2. The Morgan fingerprint density at radius 2 is 1.78 bits per heavy atom. The van der Waals surface area contributed by atoms with Crippen LogP contribution in [0.4, 0.5) is 20.2 Å². The molecule has 2 aromatic carbocycles. The van der Waals surface area contributed by atoms with Gasteiger partial charge in [0.15, 0.2) is 5.82 Å². The number of benzene rings is 2. The van der Waals surface area contributed by atoms with Gasteiger partial charge in [-0.1, -0.05) is 30.2 Å². The molecule has 0 saturated heterocycles. The van der Waals surface area contributed by atoms with Gasteiger partial charge in [0.2, 0.25) is 5.91 Å². The molecule has 3 rings (SSSR count). The lowest BCUT2D eigenvalue weighted by molar-refractivity contribution is -0.114. The average Bonchev–Trinajstić information content (AvgIpc) is 2.85. The molecule has 2 aromatic rings. The van der Waals surface area contributed by atoms with Crippen molar-refractivity contribution in [2.75, 3.05) is 25.8 Å². The Morgan fingerprint density at radius 1 is 1.16 bits per heavy atom. The first-order valence-corrected chi connectivity index (χ1v) is 12.0. The summed E-state index contributed by atoms with van der Waals surface area (Å²) in [6.45, 7) is 7.21. The molecule has 0 radical (unpaired) electrons. The number of halogens is 3. The maximum Gasteiger partial charge on any atom is 0.264 e. The molecule has 6 nitrogen and oxygen atoms in total. The number of fused-ring (bicyclic) bond motifs is 1. The van der Waals surface area contributed by atoms with Crippen molar-refractivity contribution >= 4 is 34.8 Å². The van der Waals surface area contributed by atoms with Crippen molar-refractivity contribution in [1.29, 1.82) is 0 Å². The molecule has 0 spiro atoms. The van der Waals surface area contributed by atoms with Gasteiger partial charge < -0.3 is 15.4 Å². The monoisotopic (exact) mass is 531 g/mol. The summed E-state index contributed by atoms with van der Waals surface area (Å²) >= 11 is 6.01. The molecule has 2 amide bonds. The van der Waals surface area contributed by atoms with Crippen molar-refractivity contribution in [3.05, 3.63) is 93.2 Å². The summed E-state index contributed by atoms with van der Waals surface area (Å²) in [5.74, 6) is -2.40.